The second-order valence-corrected chi connectivity index (χ2v) is 5.17. The summed E-state index contributed by atoms with van der Waals surface area (Å²) in [6.07, 6.45) is 0. The number of rotatable bonds is 0. The highest BCUT2D eigenvalue weighted by molar-refractivity contribution is 6.06. The number of aryl methyl sites for hydroxylation is 1. The summed E-state index contributed by atoms with van der Waals surface area (Å²) in [7, 11) is 0. The fraction of sp³-hybridized carbons (Fsp3) is 0.429. The van der Waals surface area contributed by atoms with Crippen molar-refractivity contribution in [1.29, 1.82) is 0 Å². The van der Waals surface area contributed by atoms with Crippen LogP contribution >= 0.6 is 0 Å². The average molecular weight is 232 g/mol. The molecule has 0 fully saturated rings. The van der Waals surface area contributed by atoms with Gasteiger partial charge in [0.25, 0.3) is 0 Å². The van der Waals surface area contributed by atoms with E-state index in [0.29, 0.717) is 5.56 Å². The molecule has 0 aliphatic carbocycles. The quantitative estimate of drug-likeness (QED) is 0.510. The molecule has 0 atom stereocenters. The third-order valence-corrected chi connectivity index (χ3v) is 3.70. The molecule has 0 radical (unpaired) electrons. The van der Waals surface area contributed by atoms with Crippen molar-refractivity contribution in [1.82, 2.24) is 0 Å². The Bertz CT molecular complexity index is 539. The maximum Gasteiger partial charge on any atom is 0.346 e. The smallest absolute Gasteiger partial charge is 0.346 e. The number of esters is 2. The summed E-state index contributed by atoms with van der Waals surface area (Å²) in [6, 6.07) is 1.81. The molecule has 0 N–H and O–H groups in total. The van der Waals surface area contributed by atoms with Crippen LogP contribution in [-0.2, 0) is 14.9 Å². The summed E-state index contributed by atoms with van der Waals surface area (Å²) in [4.78, 5) is 23.6. The van der Waals surface area contributed by atoms with E-state index in [4.69, 9.17) is 4.74 Å². The van der Waals surface area contributed by atoms with Crippen molar-refractivity contribution in [3.05, 3.63) is 33.9 Å². The lowest BCUT2D eigenvalue weighted by Gasteiger charge is -2.32. The molecule has 3 heteroatoms. The van der Waals surface area contributed by atoms with Gasteiger partial charge in [-0.3, -0.25) is 4.79 Å². The van der Waals surface area contributed by atoms with Gasteiger partial charge in [-0.05, 0) is 62.9 Å². The third-order valence-electron chi connectivity index (χ3n) is 3.70. The lowest BCUT2D eigenvalue weighted by atomic mass is 9.75. The fourth-order valence-electron chi connectivity index (χ4n) is 2.42. The fourth-order valence-corrected chi connectivity index (χ4v) is 2.42. The van der Waals surface area contributed by atoms with Crippen molar-refractivity contribution < 1.29 is 14.3 Å². The van der Waals surface area contributed by atoms with E-state index in [1.165, 1.54) is 0 Å². The molecule has 1 aromatic carbocycles. The van der Waals surface area contributed by atoms with Crippen LogP contribution in [0.15, 0.2) is 6.07 Å². The van der Waals surface area contributed by atoms with E-state index in [0.717, 1.165) is 22.3 Å². The molecule has 0 bridgehead atoms. The van der Waals surface area contributed by atoms with Gasteiger partial charge in [0.1, 0.15) is 0 Å². The van der Waals surface area contributed by atoms with Gasteiger partial charge in [-0.2, -0.15) is 0 Å². The van der Waals surface area contributed by atoms with Gasteiger partial charge in [0.15, 0.2) is 0 Å². The summed E-state index contributed by atoms with van der Waals surface area (Å²) in [5.74, 6) is -1.00. The molecule has 0 saturated heterocycles. The average Bonchev–Trinajstić information content (AvgIpc) is 2.22. The topological polar surface area (TPSA) is 43.4 Å². The van der Waals surface area contributed by atoms with Gasteiger partial charge in [0.2, 0.25) is 0 Å². The number of benzene rings is 1. The summed E-state index contributed by atoms with van der Waals surface area (Å²) in [6.45, 7) is 9.50. The molecule has 1 aliphatic rings. The minimum atomic E-state index is -0.758. The first kappa shape index (κ1) is 11.8. The maximum absolute atomic E-state index is 11.8. The van der Waals surface area contributed by atoms with Crippen molar-refractivity contribution >= 4 is 11.9 Å². The van der Waals surface area contributed by atoms with Crippen molar-refractivity contribution in [2.45, 2.75) is 40.0 Å². The van der Waals surface area contributed by atoms with Gasteiger partial charge in [0, 0.05) is 0 Å². The standard InChI is InChI=1S/C14H16O3/c1-7-6-10-11(9(3)8(7)2)14(4,5)13(16)17-12(10)15/h6H,1-5H3. The van der Waals surface area contributed by atoms with Crippen LogP contribution in [0.2, 0.25) is 0 Å². The summed E-state index contributed by atoms with van der Waals surface area (Å²) in [5, 5.41) is 0. The molecule has 90 valence electrons. The molecule has 0 spiro atoms. The summed E-state index contributed by atoms with van der Waals surface area (Å²) >= 11 is 0. The zero-order valence-electron chi connectivity index (χ0n) is 10.8. The molecular formula is C14H16O3. The van der Waals surface area contributed by atoms with Gasteiger partial charge >= 0.3 is 11.9 Å². The molecule has 1 aliphatic heterocycles. The van der Waals surface area contributed by atoms with Crippen LogP contribution in [0.1, 0.15) is 46.5 Å². The Morgan fingerprint density at radius 1 is 1.06 bits per heavy atom. The van der Waals surface area contributed by atoms with E-state index in [1.807, 2.05) is 26.8 Å². The Hall–Kier alpha value is -1.64. The Labute approximate surface area is 101 Å². The number of carbonyl (C=O) groups is 2. The van der Waals surface area contributed by atoms with Gasteiger partial charge in [-0.25, -0.2) is 4.79 Å². The SMILES string of the molecule is Cc1cc2c(c(C)c1C)C(C)(C)C(=O)OC2=O. The minimum Gasteiger partial charge on any atom is -0.389 e. The zero-order valence-corrected chi connectivity index (χ0v) is 10.8. The molecule has 0 amide bonds. The molecule has 0 saturated carbocycles. The maximum atomic E-state index is 11.8. The number of carbonyl (C=O) groups excluding carboxylic acids is 2. The monoisotopic (exact) mass is 232 g/mol. The number of hydrogen-bond donors (Lipinski definition) is 0. The zero-order chi connectivity index (χ0) is 13.0. The molecule has 17 heavy (non-hydrogen) atoms. The van der Waals surface area contributed by atoms with Gasteiger partial charge in [0.05, 0.1) is 11.0 Å². The largest absolute Gasteiger partial charge is 0.389 e. The molecule has 1 aromatic rings. The third kappa shape index (κ3) is 1.49. The Morgan fingerprint density at radius 2 is 1.65 bits per heavy atom. The molecule has 0 unspecified atom stereocenters. The second-order valence-electron chi connectivity index (χ2n) is 5.17. The van der Waals surface area contributed by atoms with E-state index >= 15 is 0 Å². The molecule has 1 heterocycles. The predicted molar refractivity (Wildman–Crippen MR) is 64.1 cm³/mol. The highest BCUT2D eigenvalue weighted by atomic mass is 16.6. The first-order valence-corrected chi connectivity index (χ1v) is 5.64. The van der Waals surface area contributed by atoms with Crippen LogP contribution in [0, 0.1) is 20.8 Å². The van der Waals surface area contributed by atoms with Crippen molar-refractivity contribution in [3.63, 3.8) is 0 Å². The lowest BCUT2D eigenvalue weighted by molar-refractivity contribution is -0.144. The lowest BCUT2D eigenvalue weighted by Crippen LogP contribution is -2.40. The molecular weight excluding hydrogens is 216 g/mol. The van der Waals surface area contributed by atoms with Gasteiger partial charge in [-0.15, -0.1) is 0 Å². The van der Waals surface area contributed by atoms with Crippen LogP contribution < -0.4 is 0 Å². The Kier molecular flexibility index (Phi) is 2.38. The van der Waals surface area contributed by atoms with Gasteiger partial charge < -0.3 is 4.74 Å². The second kappa shape index (κ2) is 3.42. The van der Waals surface area contributed by atoms with Gasteiger partial charge in [-0.1, -0.05) is 0 Å². The molecule has 0 aromatic heterocycles. The first-order chi connectivity index (χ1) is 7.76. The summed E-state index contributed by atoms with van der Waals surface area (Å²) < 4.78 is 4.80. The Morgan fingerprint density at radius 3 is 2.24 bits per heavy atom. The van der Waals surface area contributed by atoms with E-state index in [9.17, 15) is 9.59 Å². The van der Waals surface area contributed by atoms with E-state index in [-0.39, 0.29) is 0 Å². The first-order valence-electron chi connectivity index (χ1n) is 5.64. The van der Waals surface area contributed by atoms with E-state index in [2.05, 4.69) is 0 Å². The number of ether oxygens (including phenoxy) is 1. The Balaban J connectivity index is 2.86. The molecule has 2 rings (SSSR count). The highest BCUT2D eigenvalue weighted by Gasteiger charge is 2.42. The van der Waals surface area contributed by atoms with Crippen LogP contribution in [0.3, 0.4) is 0 Å². The normalized spacial score (nSPS) is 17.7. The highest BCUT2D eigenvalue weighted by Crippen LogP contribution is 2.37. The van der Waals surface area contributed by atoms with Crippen LogP contribution in [0.4, 0.5) is 0 Å². The van der Waals surface area contributed by atoms with Crippen molar-refractivity contribution in [2.75, 3.05) is 0 Å². The molecule has 3 nitrogen and oxygen atoms in total. The number of fused-ring (bicyclic) bond motifs is 1. The van der Waals surface area contributed by atoms with E-state index in [1.54, 1.807) is 13.8 Å². The number of cyclic esters (lactones) is 2. The van der Waals surface area contributed by atoms with Crippen LogP contribution in [-0.4, -0.2) is 11.9 Å². The van der Waals surface area contributed by atoms with Crippen LogP contribution in [0.5, 0.6) is 0 Å². The summed E-state index contributed by atoms with van der Waals surface area (Å²) in [5.41, 5.74) is 3.75. The minimum absolute atomic E-state index is 0.471. The van der Waals surface area contributed by atoms with Crippen molar-refractivity contribution in [3.8, 4) is 0 Å². The predicted octanol–water partition coefficient (Wildman–Crippen LogP) is 2.59. The van der Waals surface area contributed by atoms with Crippen molar-refractivity contribution in [2.24, 2.45) is 0 Å². The number of hydrogen-bond acceptors (Lipinski definition) is 3. The van der Waals surface area contributed by atoms with Crippen LogP contribution in [0.25, 0.3) is 0 Å². The van der Waals surface area contributed by atoms with E-state index < -0.39 is 17.4 Å².